The molecule has 0 spiro atoms. The van der Waals surface area contributed by atoms with Gasteiger partial charge in [-0.3, -0.25) is 14.4 Å². The fourth-order valence-corrected chi connectivity index (χ4v) is 8.27. The summed E-state index contributed by atoms with van der Waals surface area (Å²) >= 11 is 6.44. The van der Waals surface area contributed by atoms with Crippen molar-refractivity contribution < 1.29 is 37.4 Å². The number of alkyl halides is 3. The number of carbonyl (C=O) groups is 3. The van der Waals surface area contributed by atoms with Crippen molar-refractivity contribution in [3.63, 3.8) is 0 Å². The first-order valence-corrected chi connectivity index (χ1v) is 19.6. The first-order chi connectivity index (χ1) is 27.3. The van der Waals surface area contributed by atoms with Crippen molar-refractivity contribution in [2.45, 2.75) is 77.4 Å². The lowest BCUT2D eigenvalue weighted by Crippen LogP contribution is -2.35. The minimum atomic E-state index is -4.70. The van der Waals surface area contributed by atoms with Gasteiger partial charge in [-0.25, -0.2) is 9.97 Å². The lowest BCUT2D eigenvalue weighted by atomic mass is 9.71. The van der Waals surface area contributed by atoms with Gasteiger partial charge >= 0.3 is 12.1 Å². The number of nitrogens with one attached hydrogen (secondary N) is 1. The summed E-state index contributed by atoms with van der Waals surface area (Å²) in [5.41, 5.74) is 2.64. The minimum absolute atomic E-state index is 0.00224. The van der Waals surface area contributed by atoms with Crippen molar-refractivity contribution >= 4 is 40.6 Å². The van der Waals surface area contributed by atoms with E-state index in [0.717, 1.165) is 52.7 Å². The quantitative estimate of drug-likeness (QED) is 0.138. The third-order valence-corrected chi connectivity index (χ3v) is 11.6. The predicted molar refractivity (Wildman–Crippen MR) is 213 cm³/mol. The summed E-state index contributed by atoms with van der Waals surface area (Å²) in [5, 5.41) is 12.0. The molecule has 1 aromatic heterocycles. The van der Waals surface area contributed by atoms with Gasteiger partial charge in [0.15, 0.2) is 5.82 Å². The van der Waals surface area contributed by atoms with Crippen LogP contribution in [-0.4, -0.2) is 51.4 Å². The van der Waals surface area contributed by atoms with Gasteiger partial charge in [-0.2, -0.15) is 13.2 Å². The summed E-state index contributed by atoms with van der Waals surface area (Å²) in [6.07, 6.45) is 10.9. The van der Waals surface area contributed by atoms with E-state index < -0.39 is 42.5 Å². The normalized spacial score (nSPS) is 18.4. The molecule has 1 heterocycles. The van der Waals surface area contributed by atoms with Gasteiger partial charge in [0.2, 0.25) is 5.91 Å². The molecular weight excluding hydrogens is 757 g/mol. The van der Waals surface area contributed by atoms with Gasteiger partial charge in [0, 0.05) is 35.8 Å². The number of rotatable bonds is 13. The molecule has 0 bridgehead atoms. The molecule has 0 saturated heterocycles. The highest BCUT2D eigenvalue weighted by molar-refractivity contribution is 6.34. The van der Waals surface area contributed by atoms with Crippen LogP contribution in [0.25, 0.3) is 17.0 Å². The fraction of sp³-hybridized carbons (Fsp3) is 0.386. The molecule has 4 aromatic rings. The number of halogens is 4. The van der Waals surface area contributed by atoms with Gasteiger partial charge in [-0.05, 0) is 96.9 Å². The van der Waals surface area contributed by atoms with Crippen LogP contribution < -0.4 is 10.1 Å². The predicted octanol–water partition coefficient (Wildman–Crippen LogP) is 10.1. The highest BCUT2D eigenvalue weighted by Gasteiger charge is 2.34. The van der Waals surface area contributed by atoms with Gasteiger partial charge in [-0.1, -0.05) is 74.2 Å². The number of allylic oxidation sites excluding steroid dienone is 2. The maximum Gasteiger partial charge on any atom is 0.416 e. The molecule has 0 radical (unpaired) electrons. The molecular formula is C44H46ClF3N4O5. The molecule has 13 heteroatoms. The van der Waals surface area contributed by atoms with Crippen LogP contribution >= 0.6 is 11.6 Å². The van der Waals surface area contributed by atoms with Crippen LogP contribution in [0, 0.1) is 17.8 Å². The van der Waals surface area contributed by atoms with Crippen LogP contribution in [0.1, 0.15) is 90.9 Å². The number of nitrogens with zero attached hydrogens (tertiary/aromatic N) is 3. The van der Waals surface area contributed by atoms with E-state index in [0.29, 0.717) is 11.4 Å². The Morgan fingerprint density at radius 3 is 2.25 bits per heavy atom. The lowest BCUT2D eigenvalue weighted by Gasteiger charge is -2.35. The standard InChI is InChI=1S/C44H46ClF3N4O5/c1-3-27-4-8-29(9-5-27)30-12-14-31(15-13-30)34-23-49-42(50-24-34)32-10-6-28(7-11-32)25-52(26-41(54)55)43(56)37-19-17-35(21-39(37)45)51-40(53)20-33-16-18-36(57-2)22-38(33)44(46,47)48/h6-7,10-11,14,16-19,21-24,27,29-30H,3-5,8-9,12-13,15,20,25-26H2,1-2H3,(H,51,53)(H,54,55)/t27-,29-,30?. The number of aromatic nitrogens is 2. The minimum Gasteiger partial charge on any atom is -0.497 e. The molecule has 57 heavy (non-hydrogen) atoms. The molecule has 0 aliphatic heterocycles. The first-order valence-electron chi connectivity index (χ1n) is 19.3. The number of hydrogen-bond donors (Lipinski definition) is 2. The molecule has 1 atom stereocenters. The molecule has 3 aromatic carbocycles. The zero-order valence-corrected chi connectivity index (χ0v) is 32.7. The van der Waals surface area contributed by atoms with Crippen molar-refractivity contribution in [1.82, 2.24) is 14.9 Å². The molecule has 6 rings (SSSR count). The zero-order valence-electron chi connectivity index (χ0n) is 31.9. The molecule has 1 saturated carbocycles. The summed E-state index contributed by atoms with van der Waals surface area (Å²) in [4.78, 5) is 48.5. The van der Waals surface area contributed by atoms with Crippen molar-refractivity contribution in [2.24, 2.45) is 17.8 Å². The third kappa shape index (κ3) is 10.6. The topological polar surface area (TPSA) is 122 Å². The molecule has 9 nitrogen and oxygen atoms in total. The van der Waals surface area contributed by atoms with E-state index in [9.17, 15) is 32.7 Å². The number of carboxylic acid groups (broad SMARTS) is 1. The summed E-state index contributed by atoms with van der Waals surface area (Å²) in [5.74, 6) is 0.436. The molecule has 2 N–H and O–H groups in total. The SMILES string of the molecule is CC[C@H]1CC[C@H](C2CC=C(c3cnc(-c4ccc(CN(CC(=O)O)C(=O)c5ccc(NC(=O)Cc6ccc(OC)cc6C(F)(F)F)cc5Cl)cc4)nc3)CC2)CC1. The highest BCUT2D eigenvalue weighted by atomic mass is 35.5. The Balaban J connectivity index is 1.06. The van der Waals surface area contributed by atoms with Crippen LogP contribution in [0.5, 0.6) is 5.75 Å². The first kappa shape index (κ1) is 41.4. The number of amides is 2. The van der Waals surface area contributed by atoms with E-state index >= 15 is 0 Å². The number of benzene rings is 3. The Hall–Kier alpha value is -5.23. The molecule has 2 amide bonds. The summed E-state index contributed by atoms with van der Waals surface area (Å²) < 4.78 is 45.8. The smallest absolute Gasteiger partial charge is 0.416 e. The second-order valence-electron chi connectivity index (χ2n) is 14.9. The van der Waals surface area contributed by atoms with Crippen LogP contribution in [0.2, 0.25) is 5.02 Å². The molecule has 300 valence electrons. The highest BCUT2D eigenvalue weighted by Crippen LogP contribution is 2.42. The van der Waals surface area contributed by atoms with Crippen LogP contribution in [-0.2, 0) is 28.7 Å². The number of ether oxygens (including phenoxy) is 1. The second kappa shape index (κ2) is 18.4. The number of hydrogen-bond acceptors (Lipinski definition) is 6. The average Bonchev–Trinajstić information content (AvgIpc) is 3.20. The van der Waals surface area contributed by atoms with Crippen molar-refractivity contribution in [2.75, 3.05) is 19.0 Å². The largest absolute Gasteiger partial charge is 0.497 e. The summed E-state index contributed by atoms with van der Waals surface area (Å²) in [6.45, 7) is 1.65. The average molecular weight is 803 g/mol. The van der Waals surface area contributed by atoms with E-state index in [1.165, 1.54) is 81.5 Å². The van der Waals surface area contributed by atoms with Gasteiger partial charge in [-0.15, -0.1) is 0 Å². The number of carboxylic acids is 1. The van der Waals surface area contributed by atoms with Gasteiger partial charge in [0.05, 0.1) is 29.7 Å². The maximum atomic E-state index is 13.6. The Morgan fingerprint density at radius 2 is 1.65 bits per heavy atom. The number of methoxy groups -OCH3 is 1. The number of anilines is 1. The maximum absolute atomic E-state index is 13.6. The van der Waals surface area contributed by atoms with E-state index in [1.54, 1.807) is 12.1 Å². The fourth-order valence-electron chi connectivity index (χ4n) is 8.01. The molecule has 2 aliphatic rings. The van der Waals surface area contributed by atoms with Gasteiger partial charge in [0.25, 0.3) is 5.91 Å². The van der Waals surface area contributed by atoms with Crippen molar-refractivity contribution in [1.29, 1.82) is 0 Å². The van der Waals surface area contributed by atoms with E-state index in [1.807, 2.05) is 24.5 Å². The van der Waals surface area contributed by atoms with Crippen LogP contribution in [0.4, 0.5) is 18.9 Å². The molecule has 1 unspecified atom stereocenters. The lowest BCUT2D eigenvalue weighted by molar-refractivity contribution is -0.139. The van der Waals surface area contributed by atoms with Gasteiger partial charge < -0.3 is 20.1 Å². The summed E-state index contributed by atoms with van der Waals surface area (Å²) in [6, 6.07) is 14.5. The van der Waals surface area contributed by atoms with Crippen LogP contribution in [0.3, 0.4) is 0 Å². The van der Waals surface area contributed by atoms with E-state index in [-0.39, 0.29) is 34.1 Å². The third-order valence-electron chi connectivity index (χ3n) is 11.3. The molecule has 1 fully saturated rings. The number of carbonyl (C=O) groups excluding carboxylic acids is 2. The Labute approximate surface area is 335 Å². The second-order valence-corrected chi connectivity index (χ2v) is 15.3. The Morgan fingerprint density at radius 1 is 0.930 bits per heavy atom. The number of aliphatic carboxylic acids is 1. The van der Waals surface area contributed by atoms with Gasteiger partial charge in [0.1, 0.15) is 12.3 Å². The van der Waals surface area contributed by atoms with Crippen molar-refractivity contribution in [3.05, 3.63) is 112 Å². The van der Waals surface area contributed by atoms with E-state index in [4.69, 9.17) is 16.3 Å². The monoisotopic (exact) mass is 802 g/mol. The van der Waals surface area contributed by atoms with Crippen LogP contribution in [0.15, 0.2) is 79.1 Å². The summed E-state index contributed by atoms with van der Waals surface area (Å²) in [7, 11) is 1.24. The molecule has 2 aliphatic carbocycles. The Bertz CT molecular complexity index is 2100. The van der Waals surface area contributed by atoms with Crippen molar-refractivity contribution in [3.8, 4) is 17.1 Å². The van der Waals surface area contributed by atoms with E-state index in [2.05, 4.69) is 28.3 Å². The zero-order chi connectivity index (χ0) is 40.7. The Kier molecular flexibility index (Phi) is 13.3.